The van der Waals surface area contributed by atoms with Crippen LogP contribution in [0.2, 0.25) is 0 Å². The third-order valence-electron chi connectivity index (χ3n) is 2.68. The van der Waals surface area contributed by atoms with Gasteiger partial charge in [0.25, 0.3) is 5.69 Å². The molecule has 7 heteroatoms. The Hall–Kier alpha value is -2.41. The van der Waals surface area contributed by atoms with E-state index < -0.39 is 16.9 Å². The first-order valence-corrected chi connectivity index (χ1v) is 5.20. The fourth-order valence-corrected chi connectivity index (χ4v) is 1.75. The van der Waals surface area contributed by atoms with Crippen molar-refractivity contribution in [1.82, 2.24) is 4.57 Å². The van der Waals surface area contributed by atoms with Gasteiger partial charge >= 0.3 is 5.97 Å². The van der Waals surface area contributed by atoms with E-state index in [9.17, 15) is 14.9 Å². The van der Waals surface area contributed by atoms with Crippen LogP contribution in [-0.4, -0.2) is 26.6 Å². The van der Waals surface area contributed by atoms with Crippen molar-refractivity contribution in [1.29, 1.82) is 0 Å². The maximum Gasteiger partial charge on any atom is 0.322 e. The van der Waals surface area contributed by atoms with Crippen molar-refractivity contribution < 1.29 is 14.8 Å². The molecular weight excluding hydrogens is 238 g/mol. The molecule has 0 saturated carbocycles. The lowest BCUT2D eigenvalue weighted by Gasteiger charge is -2.08. The van der Waals surface area contributed by atoms with E-state index in [0.29, 0.717) is 5.39 Å². The molecule has 0 aliphatic carbocycles. The summed E-state index contributed by atoms with van der Waals surface area (Å²) in [6, 6.07) is 5.10. The van der Waals surface area contributed by atoms with Gasteiger partial charge in [-0.05, 0) is 12.1 Å². The number of nitro benzene ring substituents is 1. The Balaban J connectivity index is 2.37. The van der Waals surface area contributed by atoms with Crippen molar-refractivity contribution in [2.75, 3.05) is 0 Å². The highest BCUT2D eigenvalue weighted by Crippen LogP contribution is 2.21. The van der Waals surface area contributed by atoms with Gasteiger partial charge < -0.3 is 15.4 Å². The Bertz CT molecular complexity index is 620. The van der Waals surface area contributed by atoms with Gasteiger partial charge in [0.05, 0.1) is 4.92 Å². The average Bonchev–Trinajstić information content (AvgIpc) is 2.71. The number of aromatic nitrogens is 1. The molecule has 2 aromatic rings. The van der Waals surface area contributed by atoms with Crippen molar-refractivity contribution in [3.05, 3.63) is 40.6 Å². The van der Waals surface area contributed by atoms with E-state index >= 15 is 0 Å². The third-order valence-corrected chi connectivity index (χ3v) is 2.68. The second-order valence-electron chi connectivity index (χ2n) is 3.91. The predicted molar refractivity (Wildman–Crippen MR) is 64.2 cm³/mol. The monoisotopic (exact) mass is 249 g/mol. The zero-order chi connectivity index (χ0) is 13.3. The molecule has 0 radical (unpaired) electrons. The molecule has 0 aliphatic heterocycles. The van der Waals surface area contributed by atoms with Crippen molar-refractivity contribution in [3.63, 3.8) is 0 Å². The molecule has 1 aromatic heterocycles. The van der Waals surface area contributed by atoms with Gasteiger partial charge in [0, 0.05) is 35.8 Å². The number of carbonyl (C=O) groups is 1. The number of rotatable bonds is 4. The average molecular weight is 249 g/mol. The standard InChI is InChI=1S/C11H11N3O4/c12-9(11(15)16)6-13-4-3-7-5-8(14(17)18)1-2-10(7)13/h1-5,9H,6,12H2,(H,15,16). The Morgan fingerprint density at radius 3 is 2.83 bits per heavy atom. The summed E-state index contributed by atoms with van der Waals surface area (Å²) < 4.78 is 1.66. The number of fused-ring (bicyclic) bond motifs is 1. The van der Waals surface area contributed by atoms with Gasteiger partial charge in [0.2, 0.25) is 0 Å². The maximum atomic E-state index is 10.7. The molecule has 7 nitrogen and oxygen atoms in total. The topological polar surface area (TPSA) is 111 Å². The van der Waals surface area contributed by atoms with Crippen molar-refractivity contribution >= 4 is 22.6 Å². The minimum atomic E-state index is -1.08. The Morgan fingerprint density at radius 2 is 2.22 bits per heavy atom. The van der Waals surface area contributed by atoms with Crippen LogP contribution < -0.4 is 5.73 Å². The molecule has 3 N–H and O–H groups in total. The Morgan fingerprint density at radius 1 is 1.50 bits per heavy atom. The van der Waals surface area contributed by atoms with E-state index in [-0.39, 0.29) is 12.2 Å². The van der Waals surface area contributed by atoms with Crippen LogP contribution in [0.1, 0.15) is 0 Å². The molecule has 0 aliphatic rings. The number of nitrogens with zero attached hydrogens (tertiary/aromatic N) is 2. The van der Waals surface area contributed by atoms with E-state index in [1.54, 1.807) is 22.9 Å². The molecule has 0 amide bonds. The normalized spacial score (nSPS) is 12.5. The smallest absolute Gasteiger partial charge is 0.322 e. The Kier molecular flexibility index (Phi) is 2.99. The van der Waals surface area contributed by atoms with Gasteiger partial charge in [-0.25, -0.2) is 0 Å². The van der Waals surface area contributed by atoms with E-state index in [2.05, 4.69) is 0 Å². The van der Waals surface area contributed by atoms with Gasteiger partial charge in [0.15, 0.2) is 0 Å². The SMILES string of the molecule is NC(Cn1ccc2cc([N+](=O)[O-])ccc21)C(=O)O. The summed E-state index contributed by atoms with van der Waals surface area (Å²) in [5, 5.41) is 20.0. The zero-order valence-electron chi connectivity index (χ0n) is 9.31. The molecule has 1 atom stereocenters. The molecule has 94 valence electrons. The number of carboxylic acid groups (broad SMARTS) is 1. The van der Waals surface area contributed by atoms with Gasteiger partial charge in [-0.1, -0.05) is 0 Å². The number of aliphatic carboxylic acids is 1. The second-order valence-corrected chi connectivity index (χ2v) is 3.91. The van der Waals surface area contributed by atoms with E-state index in [1.165, 1.54) is 12.1 Å². The van der Waals surface area contributed by atoms with Crippen LogP contribution in [-0.2, 0) is 11.3 Å². The van der Waals surface area contributed by atoms with Crippen LogP contribution in [0, 0.1) is 10.1 Å². The summed E-state index contributed by atoms with van der Waals surface area (Å²) >= 11 is 0. The van der Waals surface area contributed by atoms with Crippen molar-refractivity contribution in [2.24, 2.45) is 5.73 Å². The maximum absolute atomic E-state index is 10.7. The number of nitro groups is 1. The van der Waals surface area contributed by atoms with Crippen LogP contribution >= 0.6 is 0 Å². The Labute approximate surface area is 102 Å². The summed E-state index contributed by atoms with van der Waals surface area (Å²) in [4.78, 5) is 20.8. The molecular formula is C11H11N3O4. The van der Waals surface area contributed by atoms with E-state index in [1.807, 2.05) is 0 Å². The lowest BCUT2D eigenvalue weighted by Crippen LogP contribution is -2.34. The van der Waals surface area contributed by atoms with Crippen molar-refractivity contribution in [2.45, 2.75) is 12.6 Å². The quantitative estimate of drug-likeness (QED) is 0.619. The van der Waals surface area contributed by atoms with E-state index in [4.69, 9.17) is 10.8 Å². The van der Waals surface area contributed by atoms with Gasteiger partial charge in [-0.2, -0.15) is 0 Å². The number of hydrogen-bond donors (Lipinski definition) is 2. The van der Waals surface area contributed by atoms with Crippen LogP contribution in [0.15, 0.2) is 30.5 Å². The lowest BCUT2D eigenvalue weighted by atomic mass is 10.2. The number of carboxylic acids is 1. The minimum Gasteiger partial charge on any atom is -0.480 e. The van der Waals surface area contributed by atoms with Gasteiger partial charge in [0.1, 0.15) is 6.04 Å². The molecule has 1 aromatic carbocycles. The highest BCUT2D eigenvalue weighted by atomic mass is 16.6. The molecule has 0 saturated heterocycles. The van der Waals surface area contributed by atoms with Gasteiger partial charge in [-0.3, -0.25) is 14.9 Å². The first-order valence-electron chi connectivity index (χ1n) is 5.20. The number of non-ortho nitro benzene ring substituents is 1. The first kappa shape index (κ1) is 12.1. The molecule has 1 heterocycles. The number of hydrogen-bond acceptors (Lipinski definition) is 4. The lowest BCUT2D eigenvalue weighted by molar-refractivity contribution is -0.384. The highest BCUT2D eigenvalue weighted by Gasteiger charge is 2.14. The molecule has 1 unspecified atom stereocenters. The van der Waals surface area contributed by atoms with Crippen LogP contribution in [0.4, 0.5) is 5.69 Å². The summed E-state index contributed by atoms with van der Waals surface area (Å²) in [5.74, 6) is -1.08. The molecule has 0 bridgehead atoms. The predicted octanol–water partition coefficient (Wildman–Crippen LogP) is 0.961. The van der Waals surface area contributed by atoms with Crippen LogP contribution in [0.25, 0.3) is 10.9 Å². The molecule has 0 fully saturated rings. The highest BCUT2D eigenvalue weighted by molar-refractivity contribution is 5.83. The molecule has 18 heavy (non-hydrogen) atoms. The zero-order valence-corrected chi connectivity index (χ0v) is 9.31. The van der Waals surface area contributed by atoms with Crippen LogP contribution in [0.3, 0.4) is 0 Å². The summed E-state index contributed by atoms with van der Waals surface area (Å²) in [6.45, 7) is 0.122. The van der Waals surface area contributed by atoms with Gasteiger partial charge in [-0.15, -0.1) is 0 Å². The first-order chi connectivity index (χ1) is 8.49. The summed E-state index contributed by atoms with van der Waals surface area (Å²) in [6.07, 6.45) is 1.66. The van der Waals surface area contributed by atoms with Crippen molar-refractivity contribution in [3.8, 4) is 0 Å². The minimum absolute atomic E-state index is 0.00258. The summed E-state index contributed by atoms with van der Waals surface area (Å²) in [5.41, 5.74) is 6.17. The third kappa shape index (κ3) is 2.16. The fraction of sp³-hybridized carbons (Fsp3) is 0.182. The number of benzene rings is 1. The van der Waals surface area contributed by atoms with Crippen LogP contribution in [0.5, 0.6) is 0 Å². The molecule has 0 spiro atoms. The largest absolute Gasteiger partial charge is 0.480 e. The summed E-state index contributed by atoms with van der Waals surface area (Å²) in [7, 11) is 0. The number of nitrogens with two attached hydrogens (primary N) is 1. The molecule has 2 rings (SSSR count). The second kappa shape index (κ2) is 4.46. The van der Waals surface area contributed by atoms with E-state index in [0.717, 1.165) is 5.52 Å². The fourth-order valence-electron chi connectivity index (χ4n) is 1.75.